The molecular formula is C25H29ClN4O3S2. The molecule has 1 aromatic heterocycles. The summed E-state index contributed by atoms with van der Waals surface area (Å²) >= 11 is 7.61. The number of sulfonamides is 1. The van der Waals surface area contributed by atoms with Crippen molar-refractivity contribution in [3.8, 4) is 11.3 Å². The van der Waals surface area contributed by atoms with Crippen LogP contribution in [0.5, 0.6) is 0 Å². The van der Waals surface area contributed by atoms with Gasteiger partial charge in [0.1, 0.15) is 5.01 Å². The zero-order chi connectivity index (χ0) is 25.0. The van der Waals surface area contributed by atoms with Gasteiger partial charge in [0.25, 0.3) is 5.91 Å². The van der Waals surface area contributed by atoms with E-state index < -0.39 is 10.0 Å². The molecule has 0 radical (unpaired) electrons. The van der Waals surface area contributed by atoms with Gasteiger partial charge in [-0.25, -0.2) is 13.4 Å². The fourth-order valence-corrected chi connectivity index (χ4v) is 6.53. The van der Waals surface area contributed by atoms with Crippen LogP contribution in [-0.2, 0) is 16.6 Å². The Bertz CT molecular complexity index is 1250. The first-order valence-corrected chi connectivity index (χ1v) is 14.3. The van der Waals surface area contributed by atoms with Gasteiger partial charge >= 0.3 is 0 Å². The fraction of sp³-hybridized carbons (Fsp3) is 0.360. The molecule has 0 atom stereocenters. The first-order valence-electron chi connectivity index (χ1n) is 11.6. The Labute approximate surface area is 216 Å². The number of hydrogen-bond donors (Lipinski definition) is 0. The third-order valence-electron chi connectivity index (χ3n) is 6.15. The lowest BCUT2D eigenvalue weighted by atomic mass is 10.2. The monoisotopic (exact) mass is 532 g/mol. The van der Waals surface area contributed by atoms with Crippen molar-refractivity contribution in [2.45, 2.75) is 25.3 Å². The standard InChI is InChI=1S/C25H29ClN4O3S2/c1-3-30(4-2)35(32,33)22-11-7-20(8-12-22)25(31)29-15-13-28(14-16-29)17-24-27-23(18-34-24)19-5-9-21(26)10-6-19/h5-12,18H,3-4,13-17H2,1-2H3. The average Bonchev–Trinajstić information content (AvgIpc) is 3.33. The summed E-state index contributed by atoms with van der Waals surface area (Å²) in [4.78, 5) is 22.1. The van der Waals surface area contributed by atoms with E-state index in [9.17, 15) is 13.2 Å². The Morgan fingerprint density at radius 2 is 1.63 bits per heavy atom. The van der Waals surface area contributed by atoms with Gasteiger partial charge < -0.3 is 4.90 Å². The van der Waals surface area contributed by atoms with Gasteiger partial charge in [-0.3, -0.25) is 9.69 Å². The van der Waals surface area contributed by atoms with E-state index in [1.807, 2.05) is 43.0 Å². The Morgan fingerprint density at radius 1 is 1.00 bits per heavy atom. The molecule has 0 N–H and O–H groups in total. The second-order valence-electron chi connectivity index (χ2n) is 8.32. The maximum absolute atomic E-state index is 13.0. The topological polar surface area (TPSA) is 73.8 Å². The van der Waals surface area contributed by atoms with Crippen molar-refractivity contribution in [1.82, 2.24) is 19.1 Å². The number of carbonyl (C=O) groups excluding carboxylic acids is 1. The van der Waals surface area contributed by atoms with E-state index in [0.29, 0.717) is 36.8 Å². The van der Waals surface area contributed by atoms with Gasteiger partial charge in [-0.15, -0.1) is 11.3 Å². The van der Waals surface area contributed by atoms with E-state index in [2.05, 4.69) is 10.3 Å². The first kappa shape index (κ1) is 25.8. The van der Waals surface area contributed by atoms with Crippen LogP contribution < -0.4 is 0 Å². The van der Waals surface area contributed by atoms with Crippen LogP contribution in [0, 0.1) is 0 Å². The van der Waals surface area contributed by atoms with Gasteiger partial charge in [0.05, 0.1) is 17.1 Å². The van der Waals surface area contributed by atoms with Crippen molar-refractivity contribution >= 4 is 38.9 Å². The van der Waals surface area contributed by atoms with Crippen LogP contribution in [0.4, 0.5) is 0 Å². The number of thiazole rings is 1. The molecule has 1 aliphatic heterocycles. The second-order valence-corrected chi connectivity index (χ2v) is 11.6. The predicted octanol–water partition coefficient (Wildman–Crippen LogP) is 4.45. The van der Waals surface area contributed by atoms with E-state index >= 15 is 0 Å². The maximum Gasteiger partial charge on any atom is 0.253 e. The van der Waals surface area contributed by atoms with Crippen LogP contribution >= 0.6 is 22.9 Å². The number of nitrogens with zero attached hydrogens (tertiary/aromatic N) is 4. The fourth-order valence-electron chi connectivity index (χ4n) is 4.10. The summed E-state index contributed by atoms with van der Waals surface area (Å²) in [5, 5.41) is 3.81. The molecule has 1 fully saturated rings. The minimum atomic E-state index is -3.53. The largest absolute Gasteiger partial charge is 0.336 e. The third kappa shape index (κ3) is 5.92. The molecule has 0 bridgehead atoms. The molecule has 3 aromatic rings. The molecule has 2 heterocycles. The lowest BCUT2D eigenvalue weighted by Crippen LogP contribution is -2.48. The van der Waals surface area contributed by atoms with Crippen molar-refractivity contribution in [2.24, 2.45) is 0 Å². The maximum atomic E-state index is 13.0. The number of carbonyl (C=O) groups is 1. The number of benzene rings is 2. The number of aromatic nitrogens is 1. The molecule has 1 aliphatic rings. The molecule has 186 valence electrons. The number of rotatable bonds is 8. The molecule has 0 unspecified atom stereocenters. The molecule has 7 nitrogen and oxygen atoms in total. The van der Waals surface area contributed by atoms with E-state index in [4.69, 9.17) is 16.6 Å². The number of hydrogen-bond acceptors (Lipinski definition) is 6. The number of piperazine rings is 1. The highest BCUT2D eigenvalue weighted by Gasteiger charge is 2.25. The summed E-state index contributed by atoms with van der Waals surface area (Å²) in [5.74, 6) is -0.0734. The van der Waals surface area contributed by atoms with Crippen molar-refractivity contribution in [3.63, 3.8) is 0 Å². The van der Waals surface area contributed by atoms with Crippen molar-refractivity contribution in [2.75, 3.05) is 39.3 Å². The lowest BCUT2D eigenvalue weighted by molar-refractivity contribution is 0.0628. The van der Waals surface area contributed by atoms with Gasteiger partial charge in [0.15, 0.2) is 0 Å². The normalized spacial score (nSPS) is 15.0. The molecule has 1 saturated heterocycles. The van der Waals surface area contributed by atoms with Gasteiger partial charge in [0, 0.05) is 60.8 Å². The summed E-state index contributed by atoms with van der Waals surface area (Å²) < 4.78 is 26.8. The van der Waals surface area contributed by atoms with E-state index in [0.717, 1.165) is 35.9 Å². The minimum absolute atomic E-state index is 0.0734. The average molecular weight is 533 g/mol. The van der Waals surface area contributed by atoms with Crippen LogP contribution in [0.3, 0.4) is 0 Å². The van der Waals surface area contributed by atoms with Crippen LogP contribution in [-0.4, -0.2) is 72.7 Å². The molecular weight excluding hydrogens is 504 g/mol. The highest BCUT2D eigenvalue weighted by molar-refractivity contribution is 7.89. The molecule has 1 amide bonds. The summed E-state index contributed by atoms with van der Waals surface area (Å²) in [6, 6.07) is 13.9. The van der Waals surface area contributed by atoms with Gasteiger partial charge in [0.2, 0.25) is 10.0 Å². The van der Waals surface area contributed by atoms with E-state index in [1.165, 1.54) is 16.4 Å². The Hall–Kier alpha value is -2.30. The third-order valence-corrected chi connectivity index (χ3v) is 9.30. The highest BCUT2D eigenvalue weighted by atomic mass is 35.5. The first-order chi connectivity index (χ1) is 16.8. The molecule has 2 aromatic carbocycles. The molecule has 10 heteroatoms. The summed E-state index contributed by atoms with van der Waals surface area (Å²) in [6.07, 6.45) is 0. The quantitative estimate of drug-likeness (QED) is 0.428. The second kappa shape index (κ2) is 11.2. The summed E-state index contributed by atoms with van der Waals surface area (Å²) in [6.45, 7) is 7.95. The molecule has 35 heavy (non-hydrogen) atoms. The van der Waals surface area contributed by atoms with Crippen LogP contribution in [0.2, 0.25) is 5.02 Å². The van der Waals surface area contributed by atoms with Gasteiger partial charge in [-0.1, -0.05) is 37.6 Å². The number of halogens is 1. The number of amides is 1. The van der Waals surface area contributed by atoms with E-state index in [-0.39, 0.29) is 10.8 Å². The summed E-state index contributed by atoms with van der Waals surface area (Å²) in [7, 11) is -3.53. The van der Waals surface area contributed by atoms with Crippen molar-refractivity contribution in [1.29, 1.82) is 0 Å². The minimum Gasteiger partial charge on any atom is -0.336 e. The Kier molecular flexibility index (Phi) is 8.23. The SMILES string of the molecule is CCN(CC)S(=O)(=O)c1ccc(C(=O)N2CCN(Cc3nc(-c4ccc(Cl)cc4)cs3)CC2)cc1. The zero-order valence-corrected chi connectivity index (χ0v) is 22.2. The molecule has 0 saturated carbocycles. The van der Waals surface area contributed by atoms with Crippen LogP contribution in [0.1, 0.15) is 29.2 Å². The molecule has 0 spiro atoms. The smallest absolute Gasteiger partial charge is 0.253 e. The Balaban J connectivity index is 1.32. The zero-order valence-electron chi connectivity index (χ0n) is 19.9. The molecule has 0 aliphatic carbocycles. The van der Waals surface area contributed by atoms with Crippen LogP contribution in [0.15, 0.2) is 58.8 Å². The lowest BCUT2D eigenvalue weighted by Gasteiger charge is -2.34. The van der Waals surface area contributed by atoms with Crippen molar-refractivity contribution < 1.29 is 13.2 Å². The molecule has 4 rings (SSSR count). The predicted molar refractivity (Wildman–Crippen MR) is 140 cm³/mol. The highest BCUT2D eigenvalue weighted by Crippen LogP contribution is 2.25. The van der Waals surface area contributed by atoms with Gasteiger partial charge in [-0.2, -0.15) is 4.31 Å². The Morgan fingerprint density at radius 3 is 2.23 bits per heavy atom. The van der Waals surface area contributed by atoms with Crippen LogP contribution in [0.25, 0.3) is 11.3 Å². The van der Waals surface area contributed by atoms with E-state index in [1.54, 1.807) is 23.5 Å². The van der Waals surface area contributed by atoms with Gasteiger partial charge in [-0.05, 0) is 36.4 Å². The summed E-state index contributed by atoms with van der Waals surface area (Å²) in [5.41, 5.74) is 2.50. The van der Waals surface area contributed by atoms with Crippen molar-refractivity contribution in [3.05, 3.63) is 69.5 Å².